The summed E-state index contributed by atoms with van der Waals surface area (Å²) < 4.78 is 29.5. The van der Waals surface area contributed by atoms with Gasteiger partial charge in [0.2, 0.25) is 5.91 Å². The fraction of sp³-hybridized carbons (Fsp3) is 0.688. The summed E-state index contributed by atoms with van der Waals surface area (Å²) in [4.78, 5) is 14.4. The van der Waals surface area contributed by atoms with E-state index in [9.17, 15) is 13.2 Å². The molecule has 0 aliphatic carbocycles. The number of amides is 1. The third-order valence-electron chi connectivity index (χ3n) is 3.99. The predicted molar refractivity (Wildman–Crippen MR) is 90.9 cm³/mol. The second-order valence-corrected chi connectivity index (χ2v) is 7.95. The van der Waals surface area contributed by atoms with E-state index >= 15 is 0 Å². The smallest absolute Gasteiger partial charge is 0.238 e. The molecule has 1 heterocycles. The Labute approximate surface area is 139 Å². The van der Waals surface area contributed by atoms with Crippen LogP contribution in [0.1, 0.15) is 45.9 Å². The first-order valence-electron chi connectivity index (χ1n) is 8.14. The number of hydrogen-bond donors (Lipinski definition) is 1. The minimum absolute atomic E-state index is 0.0270. The number of nitrogens with one attached hydrogen (secondary N) is 1. The van der Waals surface area contributed by atoms with Crippen LogP contribution in [0.5, 0.6) is 0 Å². The van der Waals surface area contributed by atoms with Gasteiger partial charge in [0.25, 0.3) is 0 Å². The van der Waals surface area contributed by atoms with Crippen LogP contribution in [0, 0.1) is 0 Å². The fourth-order valence-corrected chi connectivity index (χ4v) is 3.85. The van der Waals surface area contributed by atoms with E-state index in [-0.39, 0.29) is 11.8 Å². The topological polar surface area (TPSA) is 79.6 Å². The van der Waals surface area contributed by atoms with Crippen LogP contribution in [-0.4, -0.2) is 49.9 Å². The van der Waals surface area contributed by atoms with Crippen LogP contribution in [0.3, 0.4) is 0 Å². The first-order chi connectivity index (χ1) is 10.9. The summed E-state index contributed by atoms with van der Waals surface area (Å²) in [7, 11) is -3.39. The average Bonchev–Trinajstić information content (AvgIpc) is 3.04. The lowest BCUT2D eigenvalue weighted by Crippen LogP contribution is -2.43. The van der Waals surface area contributed by atoms with Gasteiger partial charge in [-0.15, -0.1) is 0 Å². The zero-order valence-corrected chi connectivity index (χ0v) is 15.2. The summed E-state index contributed by atoms with van der Waals surface area (Å²) >= 11 is 0. The minimum Gasteiger partial charge on any atom is -0.468 e. The normalized spacial score (nSPS) is 14.7. The van der Waals surface area contributed by atoms with E-state index in [0.29, 0.717) is 13.0 Å². The largest absolute Gasteiger partial charge is 0.468 e. The predicted octanol–water partition coefficient (Wildman–Crippen LogP) is 1.99. The summed E-state index contributed by atoms with van der Waals surface area (Å²) in [5.41, 5.74) is 0. The van der Waals surface area contributed by atoms with Crippen molar-refractivity contribution < 1.29 is 17.6 Å². The van der Waals surface area contributed by atoms with Crippen LogP contribution in [-0.2, 0) is 14.6 Å². The van der Waals surface area contributed by atoms with Gasteiger partial charge in [0.15, 0.2) is 9.84 Å². The number of nitrogens with zero attached hydrogens (tertiary/aromatic N) is 1. The highest BCUT2D eigenvalue weighted by Gasteiger charge is 2.28. The van der Waals surface area contributed by atoms with Gasteiger partial charge in [-0.25, -0.2) is 8.42 Å². The molecule has 0 spiro atoms. The molecule has 2 atom stereocenters. The molecule has 0 radical (unpaired) electrons. The van der Waals surface area contributed by atoms with Crippen molar-refractivity contribution in [3.05, 3.63) is 24.2 Å². The van der Waals surface area contributed by atoms with Gasteiger partial charge in [0.1, 0.15) is 11.0 Å². The van der Waals surface area contributed by atoms with Crippen LogP contribution in [0.25, 0.3) is 0 Å². The van der Waals surface area contributed by atoms with Crippen molar-refractivity contribution >= 4 is 15.7 Å². The Kier molecular flexibility index (Phi) is 7.78. The standard InChI is InChI=1S/C16H28N2O4S/c1-5-11-23(20,21)13(4)16(19)17-12-14(18(6-2)7-3)15-9-8-10-22-15/h8-10,13-14H,5-7,11-12H2,1-4H3,(H,17,19)/t13-,14+/m1/s1. The molecule has 7 heteroatoms. The van der Waals surface area contributed by atoms with Crippen molar-refractivity contribution in [1.29, 1.82) is 0 Å². The third-order valence-corrected chi connectivity index (χ3v) is 6.26. The van der Waals surface area contributed by atoms with E-state index in [1.807, 2.05) is 26.0 Å². The molecule has 1 amide bonds. The highest BCUT2D eigenvalue weighted by atomic mass is 32.2. The zero-order chi connectivity index (χ0) is 17.5. The average molecular weight is 344 g/mol. The van der Waals surface area contributed by atoms with E-state index in [2.05, 4.69) is 10.2 Å². The number of carbonyl (C=O) groups is 1. The maximum absolute atomic E-state index is 12.2. The first kappa shape index (κ1) is 19.7. The summed E-state index contributed by atoms with van der Waals surface area (Å²) in [6, 6.07) is 3.57. The third kappa shape index (κ3) is 5.35. The molecule has 0 unspecified atom stereocenters. The Morgan fingerprint density at radius 3 is 2.43 bits per heavy atom. The number of rotatable bonds is 10. The van der Waals surface area contributed by atoms with Gasteiger partial charge in [0, 0.05) is 6.54 Å². The summed E-state index contributed by atoms with van der Waals surface area (Å²) in [6.45, 7) is 9.24. The van der Waals surface area contributed by atoms with E-state index < -0.39 is 21.0 Å². The van der Waals surface area contributed by atoms with E-state index in [1.54, 1.807) is 13.2 Å². The summed E-state index contributed by atoms with van der Waals surface area (Å²) in [5, 5.41) is 1.73. The Balaban J connectivity index is 2.77. The van der Waals surface area contributed by atoms with Gasteiger partial charge in [-0.1, -0.05) is 20.8 Å². The molecular weight excluding hydrogens is 316 g/mol. The Morgan fingerprint density at radius 1 is 1.30 bits per heavy atom. The van der Waals surface area contributed by atoms with Crippen LogP contribution >= 0.6 is 0 Å². The molecule has 132 valence electrons. The SMILES string of the molecule is CCCS(=O)(=O)[C@H](C)C(=O)NC[C@@H](c1ccco1)N(CC)CC. The molecule has 1 N–H and O–H groups in total. The molecule has 1 aromatic rings. The Hall–Kier alpha value is -1.34. The molecule has 1 rings (SSSR count). The van der Waals surface area contributed by atoms with Gasteiger partial charge < -0.3 is 9.73 Å². The van der Waals surface area contributed by atoms with Crippen molar-refractivity contribution in [2.75, 3.05) is 25.4 Å². The quantitative estimate of drug-likeness (QED) is 0.702. The molecule has 0 aliphatic rings. The highest BCUT2D eigenvalue weighted by Crippen LogP contribution is 2.20. The van der Waals surface area contributed by atoms with E-state index in [0.717, 1.165) is 18.8 Å². The van der Waals surface area contributed by atoms with Crippen LogP contribution in [0.15, 0.2) is 22.8 Å². The molecule has 0 aliphatic heterocycles. The molecule has 1 aromatic heterocycles. The van der Waals surface area contributed by atoms with Gasteiger partial charge in [-0.05, 0) is 38.6 Å². The Bertz CT molecular complexity index is 565. The summed E-state index contributed by atoms with van der Waals surface area (Å²) in [5.74, 6) is 0.333. The van der Waals surface area contributed by atoms with Gasteiger partial charge >= 0.3 is 0 Å². The second kappa shape index (κ2) is 9.08. The van der Waals surface area contributed by atoms with Crippen molar-refractivity contribution in [3.63, 3.8) is 0 Å². The number of carbonyl (C=O) groups excluding carboxylic acids is 1. The molecular formula is C16H28N2O4S. The second-order valence-electron chi connectivity index (χ2n) is 5.51. The number of hydrogen-bond acceptors (Lipinski definition) is 5. The fourth-order valence-electron chi connectivity index (χ4n) is 2.52. The maximum Gasteiger partial charge on any atom is 0.238 e. The number of sulfone groups is 1. The monoisotopic (exact) mass is 344 g/mol. The molecule has 0 fully saturated rings. The molecule has 0 bridgehead atoms. The number of likely N-dealkylation sites (N-methyl/N-ethyl adjacent to an activating group) is 1. The molecule has 0 aromatic carbocycles. The van der Waals surface area contributed by atoms with Gasteiger partial charge in [0.05, 0.1) is 18.1 Å². The van der Waals surface area contributed by atoms with Crippen LogP contribution in [0.4, 0.5) is 0 Å². The van der Waals surface area contributed by atoms with Crippen molar-refractivity contribution in [2.45, 2.75) is 45.4 Å². The van der Waals surface area contributed by atoms with Crippen LogP contribution in [0.2, 0.25) is 0 Å². The molecule has 0 saturated heterocycles. The minimum atomic E-state index is -3.39. The molecule has 0 saturated carbocycles. The summed E-state index contributed by atoms with van der Waals surface area (Å²) in [6.07, 6.45) is 2.11. The zero-order valence-electron chi connectivity index (χ0n) is 14.4. The molecule has 6 nitrogen and oxygen atoms in total. The van der Waals surface area contributed by atoms with Crippen LogP contribution < -0.4 is 5.32 Å². The Morgan fingerprint density at radius 2 is 1.96 bits per heavy atom. The van der Waals surface area contributed by atoms with Gasteiger partial charge in [-0.3, -0.25) is 9.69 Å². The van der Waals surface area contributed by atoms with Crippen molar-refractivity contribution in [2.24, 2.45) is 0 Å². The van der Waals surface area contributed by atoms with E-state index in [4.69, 9.17) is 4.42 Å². The number of furan rings is 1. The first-order valence-corrected chi connectivity index (χ1v) is 9.85. The lowest BCUT2D eigenvalue weighted by atomic mass is 10.2. The maximum atomic E-state index is 12.2. The lowest BCUT2D eigenvalue weighted by molar-refractivity contribution is -0.120. The van der Waals surface area contributed by atoms with E-state index in [1.165, 1.54) is 6.92 Å². The lowest BCUT2D eigenvalue weighted by Gasteiger charge is -2.28. The van der Waals surface area contributed by atoms with Gasteiger partial charge in [-0.2, -0.15) is 0 Å². The highest BCUT2D eigenvalue weighted by molar-refractivity contribution is 7.92. The van der Waals surface area contributed by atoms with Crippen molar-refractivity contribution in [3.8, 4) is 0 Å². The van der Waals surface area contributed by atoms with Crippen molar-refractivity contribution in [1.82, 2.24) is 10.2 Å². The molecule has 23 heavy (non-hydrogen) atoms.